The maximum atomic E-state index is 12.4. The van der Waals surface area contributed by atoms with Gasteiger partial charge in [0.2, 0.25) is 11.8 Å². The van der Waals surface area contributed by atoms with Crippen LogP contribution in [0, 0.1) is 0 Å². The molecule has 0 aromatic heterocycles. The molecule has 0 spiro atoms. The van der Waals surface area contributed by atoms with E-state index in [0.29, 0.717) is 27.5 Å². The van der Waals surface area contributed by atoms with E-state index in [4.69, 9.17) is 21.1 Å². The van der Waals surface area contributed by atoms with E-state index in [2.05, 4.69) is 32.1 Å². The third-order valence-electron chi connectivity index (χ3n) is 3.77. The van der Waals surface area contributed by atoms with E-state index in [-0.39, 0.29) is 30.9 Å². The van der Waals surface area contributed by atoms with Crippen LogP contribution in [0.1, 0.15) is 23.2 Å². The van der Waals surface area contributed by atoms with Gasteiger partial charge >= 0.3 is 0 Å². The first kappa shape index (κ1) is 23.7. The number of carbonyl (C=O) groups excluding carboxylic acids is 3. The summed E-state index contributed by atoms with van der Waals surface area (Å²) < 4.78 is 11.1. The monoisotopic (exact) mass is 497 g/mol. The van der Waals surface area contributed by atoms with Crippen molar-refractivity contribution in [3.63, 3.8) is 0 Å². The summed E-state index contributed by atoms with van der Waals surface area (Å²) in [4.78, 5) is 36.4. The van der Waals surface area contributed by atoms with Gasteiger partial charge in [-0.25, -0.2) is 0 Å². The highest BCUT2D eigenvalue weighted by Crippen LogP contribution is 2.23. The fourth-order valence-corrected chi connectivity index (χ4v) is 2.84. The van der Waals surface area contributed by atoms with Crippen LogP contribution in [0.2, 0.25) is 5.02 Å². The van der Waals surface area contributed by atoms with Crippen LogP contribution in [0.5, 0.6) is 5.75 Å². The van der Waals surface area contributed by atoms with Crippen molar-refractivity contribution in [1.29, 1.82) is 0 Å². The van der Waals surface area contributed by atoms with Gasteiger partial charge in [0.15, 0.2) is 0 Å². The molecule has 160 valence electrons. The number of anilines is 1. The van der Waals surface area contributed by atoms with E-state index in [1.54, 1.807) is 49.6 Å². The van der Waals surface area contributed by atoms with Crippen LogP contribution in [0.15, 0.2) is 46.9 Å². The number of rotatable bonds is 9. The van der Waals surface area contributed by atoms with Crippen molar-refractivity contribution in [2.75, 3.05) is 25.6 Å². The van der Waals surface area contributed by atoms with E-state index in [1.165, 1.54) is 0 Å². The van der Waals surface area contributed by atoms with E-state index in [1.807, 2.05) is 0 Å². The van der Waals surface area contributed by atoms with Gasteiger partial charge in [-0.15, -0.1) is 0 Å². The molecule has 0 aliphatic carbocycles. The van der Waals surface area contributed by atoms with Gasteiger partial charge in [0.1, 0.15) is 12.4 Å². The molecule has 0 bridgehead atoms. The molecule has 3 N–H and O–H groups in total. The summed E-state index contributed by atoms with van der Waals surface area (Å²) in [7, 11) is 1.54. The second-order valence-corrected chi connectivity index (χ2v) is 7.33. The smallest absolute Gasteiger partial charge is 0.273 e. The Morgan fingerprint density at radius 3 is 2.47 bits per heavy atom. The van der Waals surface area contributed by atoms with E-state index in [0.717, 1.165) is 0 Å². The fourth-order valence-electron chi connectivity index (χ4n) is 2.30. The zero-order valence-electron chi connectivity index (χ0n) is 16.2. The van der Waals surface area contributed by atoms with Crippen molar-refractivity contribution >= 4 is 50.9 Å². The number of hydrazine groups is 1. The minimum absolute atomic E-state index is 0.0742. The summed E-state index contributed by atoms with van der Waals surface area (Å²) in [5.74, 6) is -1.10. The minimum atomic E-state index is -0.558. The molecule has 0 unspecified atom stereocenters. The zero-order valence-corrected chi connectivity index (χ0v) is 18.5. The van der Waals surface area contributed by atoms with Gasteiger partial charge < -0.3 is 14.8 Å². The van der Waals surface area contributed by atoms with Crippen LogP contribution in [0.4, 0.5) is 5.69 Å². The quantitative estimate of drug-likeness (QED) is 0.363. The second-order valence-electron chi connectivity index (χ2n) is 6.01. The minimum Gasteiger partial charge on any atom is -0.490 e. The standard InChI is InChI=1S/C20H21BrClN3O5/c1-29-10-11-30-17-7-6-13(21)12-14(17)20(28)25-24-19(27)9-8-18(26)23-16-5-3-2-4-15(16)22/h2-7,12H,8-11H2,1H3,(H,23,26)(H,24,27)(H,25,28). The van der Waals surface area contributed by atoms with Crippen molar-refractivity contribution in [2.24, 2.45) is 0 Å². The average Bonchev–Trinajstić information content (AvgIpc) is 2.73. The van der Waals surface area contributed by atoms with Crippen molar-refractivity contribution in [3.05, 3.63) is 57.5 Å². The average molecular weight is 499 g/mol. The molecular weight excluding hydrogens is 478 g/mol. The van der Waals surface area contributed by atoms with Crippen LogP contribution in [0.25, 0.3) is 0 Å². The van der Waals surface area contributed by atoms with Crippen LogP contribution < -0.4 is 20.9 Å². The van der Waals surface area contributed by atoms with E-state index >= 15 is 0 Å². The molecule has 0 aliphatic rings. The highest BCUT2D eigenvalue weighted by molar-refractivity contribution is 9.10. The lowest BCUT2D eigenvalue weighted by molar-refractivity contribution is -0.124. The van der Waals surface area contributed by atoms with Crippen LogP contribution in [0.3, 0.4) is 0 Å². The lowest BCUT2D eigenvalue weighted by Gasteiger charge is -2.13. The topological polar surface area (TPSA) is 106 Å². The highest BCUT2D eigenvalue weighted by Gasteiger charge is 2.15. The maximum Gasteiger partial charge on any atom is 0.273 e. The first-order chi connectivity index (χ1) is 14.4. The molecule has 0 fully saturated rings. The Labute approximate surface area is 187 Å². The number of hydrogen-bond donors (Lipinski definition) is 3. The maximum absolute atomic E-state index is 12.4. The number of amides is 3. The number of methoxy groups -OCH3 is 1. The Balaban J connectivity index is 1.83. The summed E-state index contributed by atoms with van der Waals surface area (Å²) in [6.45, 7) is 0.634. The van der Waals surface area contributed by atoms with Crippen molar-refractivity contribution < 1.29 is 23.9 Å². The van der Waals surface area contributed by atoms with Gasteiger partial charge in [-0.2, -0.15) is 0 Å². The van der Waals surface area contributed by atoms with Crippen LogP contribution in [-0.2, 0) is 14.3 Å². The Bertz CT molecular complexity index is 910. The summed E-state index contributed by atoms with van der Waals surface area (Å²) >= 11 is 9.27. The number of hydrogen-bond acceptors (Lipinski definition) is 5. The Morgan fingerprint density at radius 1 is 1.00 bits per heavy atom. The van der Waals surface area contributed by atoms with Crippen molar-refractivity contribution in [3.8, 4) is 5.75 Å². The number of nitrogens with one attached hydrogen (secondary N) is 3. The molecule has 10 heteroatoms. The first-order valence-corrected chi connectivity index (χ1v) is 10.1. The normalized spacial score (nSPS) is 10.2. The predicted octanol–water partition coefficient (Wildman–Crippen LogP) is 3.31. The molecule has 0 saturated carbocycles. The Kier molecular flexibility index (Phi) is 9.59. The molecular formula is C20H21BrClN3O5. The van der Waals surface area contributed by atoms with E-state index in [9.17, 15) is 14.4 Å². The molecule has 8 nitrogen and oxygen atoms in total. The number of para-hydroxylation sites is 1. The van der Waals surface area contributed by atoms with Gasteiger partial charge in [0.25, 0.3) is 5.91 Å². The summed E-state index contributed by atoms with van der Waals surface area (Å²) in [5, 5.41) is 3.03. The fraction of sp³-hybridized carbons (Fsp3) is 0.250. The zero-order chi connectivity index (χ0) is 21.9. The van der Waals surface area contributed by atoms with E-state index < -0.39 is 11.8 Å². The van der Waals surface area contributed by atoms with Gasteiger partial charge in [0, 0.05) is 24.4 Å². The third-order valence-corrected chi connectivity index (χ3v) is 4.60. The molecule has 0 aliphatic heterocycles. The number of benzene rings is 2. The molecule has 3 amide bonds. The van der Waals surface area contributed by atoms with Crippen LogP contribution >= 0.6 is 27.5 Å². The second kappa shape index (κ2) is 12.2. The first-order valence-electron chi connectivity index (χ1n) is 8.95. The van der Waals surface area contributed by atoms with Crippen molar-refractivity contribution in [2.45, 2.75) is 12.8 Å². The van der Waals surface area contributed by atoms with Crippen molar-refractivity contribution in [1.82, 2.24) is 10.9 Å². The Hall–Kier alpha value is -2.62. The number of carbonyl (C=O) groups is 3. The van der Waals surface area contributed by atoms with Gasteiger partial charge in [0.05, 0.1) is 22.9 Å². The lowest BCUT2D eigenvalue weighted by atomic mass is 10.2. The molecule has 2 aromatic carbocycles. The summed E-state index contributed by atoms with van der Waals surface area (Å²) in [5.41, 5.74) is 5.30. The molecule has 2 rings (SSSR count). The molecule has 0 heterocycles. The third kappa shape index (κ3) is 7.66. The predicted molar refractivity (Wildman–Crippen MR) is 116 cm³/mol. The summed E-state index contributed by atoms with van der Waals surface area (Å²) in [6.07, 6.45) is -0.193. The molecule has 0 atom stereocenters. The number of halogens is 2. The Morgan fingerprint density at radius 2 is 1.73 bits per heavy atom. The van der Waals surface area contributed by atoms with Gasteiger partial charge in [-0.3, -0.25) is 25.2 Å². The summed E-state index contributed by atoms with van der Waals surface area (Å²) in [6, 6.07) is 11.7. The highest BCUT2D eigenvalue weighted by atomic mass is 79.9. The number of ether oxygens (including phenoxy) is 2. The largest absolute Gasteiger partial charge is 0.490 e. The van der Waals surface area contributed by atoms with Gasteiger partial charge in [-0.1, -0.05) is 39.7 Å². The van der Waals surface area contributed by atoms with Gasteiger partial charge in [-0.05, 0) is 30.3 Å². The SMILES string of the molecule is COCCOc1ccc(Br)cc1C(=O)NNC(=O)CCC(=O)Nc1ccccc1Cl. The molecule has 0 saturated heterocycles. The molecule has 0 radical (unpaired) electrons. The lowest BCUT2D eigenvalue weighted by Crippen LogP contribution is -2.42. The van der Waals surface area contributed by atoms with Crippen LogP contribution in [-0.4, -0.2) is 38.0 Å². The molecule has 2 aromatic rings. The molecule has 30 heavy (non-hydrogen) atoms.